The zero-order chi connectivity index (χ0) is 23.6. The molecular formula is C23H26N4O5S. The highest BCUT2D eigenvalue weighted by Gasteiger charge is 2.36. The third-order valence-corrected chi connectivity index (χ3v) is 7.73. The fourth-order valence-electron chi connectivity index (χ4n) is 4.08. The number of nitrogens with zero attached hydrogens (tertiary/aromatic N) is 3. The van der Waals surface area contributed by atoms with Crippen LogP contribution < -0.4 is 10.2 Å². The second-order valence-corrected chi connectivity index (χ2v) is 10.2. The number of fused-ring (bicyclic) bond motifs is 1. The van der Waals surface area contributed by atoms with E-state index in [2.05, 4.69) is 16.3 Å². The molecule has 0 atom stereocenters. The number of carbonyl (C=O) groups is 3. The first-order valence-corrected chi connectivity index (χ1v) is 12.4. The standard InChI is InChI=1S/C23H26N4O5S/c1-17-5-4-6-18(15-17)25-10-12-26(13-11-25)33(31,32)14-9-24-21(28)16-27-22(29)19-7-2-3-8-20(19)23(27)30/h2-8,15H,9-14,16H2,1H3,(H,24,28). The van der Waals surface area contributed by atoms with E-state index in [9.17, 15) is 22.8 Å². The minimum Gasteiger partial charge on any atom is -0.369 e. The fraction of sp³-hybridized carbons (Fsp3) is 0.348. The summed E-state index contributed by atoms with van der Waals surface area (Å²) in [4.78, 5) is 40.0. The molecule has 0 aliphatic carbocycles. The largest absolute Gasteiger partial charge is 0.369 e. The van der Waals surface area contributed by atoms with Gasteiger partial charge in [-0.05, 0) is 36.8 Å². The van der Waals surface area contributed by atoms with Crippen LogP contribution >= 0.6 is 0 Å². The molecule has 1 fully saturated rings. The van der Waals surface area contributed by atoms with E-state index in [4.69, 9.17) is 0 Å². The molecule has 2 aromatic carbocycles. The van der Waals surface area contributed by atoms with E-state index in [0.29, 0.717) is 26.2 Å². The van der Waals surface area contributed by atoms with Gasteiger partial charge in [0.1, 0.15) is 6.54 Å². The predicted molar refractivity (Wildman–Crippen MR) is 124 cm³/mol. The number of carbonyl (C=O) groups excluding carboxylic acids is 3. The Morgan fingerprint density at radius 3 is 2.18 bits per heavy atom. The van der Waals surface area contributed by atoms with Crippen molar-refractivity contribution >= 4 is 33.4 Å². The summed E-state index contributed by atoms with van der Waals surface area (Å²) in [6.07, 6.45) is 0. The van der Waals surface area contributed by atoms with Gasteiger partial charge in [0.05, 0.1) is 16.9 Å². The van der Waals surface area contributed by atoms with Crippen molar-refractivity contribution in [1.82, 2.24) is 14.5 Å². The van der Waals surface area contributed by atoms with E-state index in [0.717, 1.165) is 16.2 Å². The summed E-state index contributed by atoms with van der Waals surface area (Å²) >= 11 is 0. The molecule has 0 unspecified atom stereocenters. The zero-order valence-electron chi connectivity index (χ0n) is 18.4. The van der Waals surface area contributed by atoms with E-state index in [1.165, 1.54) is 4.31 Å². The average Bonchev–Trinajstić information content (AvgIpc) is 3.04. The SMILES string of the molecule is Cc1cccc(N2CCN(S(=O)(=O)CCNC(=O)CN3C(=O)c4ccccc4C3=O)CC2)c1. The van der Waals surface area contributed by atoms with Gasteiger partial charge in [0.2, 0.25) is 15.9 Å². The van der Waals surface area contributed by atoms with Gasteiger partial charge < -0.3 is 10.2 Å². The van der Waals surface area contributed by atoms with Crippen molar-refractivity contribution in [2.75, 3.05) is 49.9 Å². The maximum Gasteiger partial charge on any atom is 0.262 e. The Labute approximate surface area is 193 Å². The number of sulfonamides is 1. The third kappa shape index (κ3) is 4.91. The lowest BCUT2D eigenvalue weighted by Gasteiger charge is -2.35. The van der Waals surface area contributed by atoms with Crippen LogP contribution in [-0.4, -0.2) is 80.4 Å². The molecule has 2 heterocycles. The second kappa shape index (κ2) is 9.32. The molecule has 4 rings (SSSR count). The van der Waals surface area contributed by atoms with Crippen molar-refractivity contribution in [2.45, 2.75) is 6.92 Å². The van der Waals surface area contributed by atoms with Crippen molar-refractivity contribution in [3.8, 4) is 0 Å². The van der Waals surface area contributed by atoms with Crippen LogP contribution in [-0.2, 0) is 14.8 Å². The van der Waals surface area contributed by atoms with Gasteiger partial charge in [-0.15, -0.1) is 0 Å². The maximum atomic E-state index is 12.7. The van der Waals surface area contributed by atoms with Crippen molar-refractivity contribution in [3.63, 3.8) is 0 Å². The first kappa shape index (κ1) is 22.9. The summed E-state index contributed by atoms with van der Waals surface area (Å²) in [5.74, 6) is -1.87. The van der Waals surface area contributed by atoms with E-state index in [1.54, 1.807) is 24.3 Å². The van der Waals surface area contributed by atoms with Gasteiger partial charge in [-0.1, -0.05) is 24.3 Å². The van der Waals surface area contributed by atoms with Gasteiger partial charge in [0, 0.05) is 38.4 Å². The first-order chi connectivity index (χ1) is 15.8. The molecule has 0 bridgehead atoms. The first-order valence-electron chi connectivity index (χ1n) is 10.8. The quantitative estimate of drug-likeness (QED) is 0.602. The van der Waals surface area contributed by atoms with E-state index >= 15 is 0 Å². The fourth-order valence-corrected chi connectivity index (χ4v) is 5.42. The zero-order valence-corrected chi connectivity index (χ0v) is 19.2. The number of imide groups is 1. The van der Waals surface area contributed by atoms with Crippen molar-refractivity contribution in [2.24, 2.45) is 0 Å². The number of amides is 3. The number of rotatable bonds is 7. The number of nitrogens with one attached hydrogen (secondary N) is 1. The molecule has 0 radical (unpaired) electrons. The molecule has 1 saturated heterocycles. The lowest BCUT2D eigenvalue weighted by molar-refractivity contribution is -0.121. The van der Waals surface area contributed by atoms with Crippen LogP contribution in [0.1, 0.15) is 26.3 Å². The lowest BCUT2D eigenvalue weighted by Crippen LogP contribution is -2.50. The maximum absolute atomic E-state index is 12.7. The van der Waals surface area contributed by atoms with E-state index in [1.807, 2.05) is 25.1 Å². The summed E-state index contributed by atoms with van der Waals surface area (Å²) in [7, 11) is -3.54. The topological polar surface area (TPSA) is 107 Å². The molecule has 2 aromatic rings. The van der Waals surface area contributed by atoms with Gasteiger partial charge in [0.25, 0.3) is 11.8 Å². The predicted octanol–water partition coefficient (Wildman–Crippen LogP) is 0.859. The molecule has 2 aliphatic rings. The summed E-state index contributed by atoms with van der Waals surface area (Å²) < 4.78 is 26.8. The highest BCUT2D eigenvalue weighted by atomic mass is 32.2. The van der Waals surface area contributed by atoms with Crippen LogP contribution in [0.2, 0.25) is 0 Å². The van der Waals surface area contributed by atoms with Crippen LogP contribution in [0, 0.1) is 6.92 Å². The van der Waals surface area contributed by atoms with Gasteiger partial charge in [-0.2, -0.15) is 4.31 Å². The molecule has 1 N–H and O–H groups in total. The minimum atomic E-state index is -3.54. The summed E-state index contributed by atoms with van der Waals surface area (Å²) in [5.41, 5.74) is 2.76. The summed E-state index contributed by atoms with van der Waals surface area (Å²) in [6.45, 7) is 3.42. The number of benzene rings is 2. The Morgan fingerprint density at radius 2 is 1.58 bits per heavy atom. The molecule has 3 amide bonds. The Balaban J connectivity index is 1.24. The Morgan fingerprint density at radius 1 is 0.939 bits per heavy atom. The van der Waals surface area contributed by atoms with Crippen LogP contribution in [0.3, 0.4) is 0 Å². The average molecular weight is 471 g/mol. The number of piperazine rings is 1. The molecule has 10 heteroatoms. The number of anilines is 1. The third-order valence-electron chi connectivity index (χ3n) is 5.86. The van der Waals surface area contributed by atoms with Crippen molar-refractivity contribution < 1.29 is 22.8 Å². The van der Waals surface area contributed by atoms with Crippen LogP contribution in [0.25, 0.3) is 0 Å². The second-order valence-electron chi connectivity index (χ2n) is 8.13. The molecule has 0 spiro atoms. The molecule has 0 aromatic heterocycles. The normalized spacial score (nSPS) is 16.8. The smallest absolute Gasteiger partial charge is 0.262 e. The minimum absolute atomic E-state index is 0.0948. The van der Waals surface area contributed by atoms with Gasteiger partial charge in [0.15, 0.2) is 0 Å². The van der Waals surface area contributed by atoms with E-state index < -0.39 is 34.3 Å². The van der Waals surface area contributed by atoms with Crippen molar-refractivity contribution in [3.05, 3.63) is 65.2 Å². The van der Waals surface area contributed by atoms with E-state index in [-0.39, 0.29) is 23.4 Å². The van der Waals surface area contributed by atoms with Crippen LogP contribution in [0.4, 0.5) is 5.69 Å². The molecule has 33 heavy (non-hydrogen) atoms. The molecule has 174 valence electrons. The van der Waals surface area contributed by atoms with Gasteiger partial charge in [-0.25, -0.2) is 8.42 Å². The van der Waals surface area contributed by atoms with Gasteiger partial charge in [-0.3, -0.25) is 19.3 Å². The summed E-state index contributed by atoms with van der Waals surface area (Å²) in [5, 5.41) is 2.51. The monoisotopic (exact) mass is 470 g/mol. The molecule has 9 nitrogen and oxygen atoms in total. The number of hydrogen-bond acceptors (Lipinski definition) is 6. The number of aryl methyl sites for hydroxylation is 1. The molecular weight excluding hydrogens is 444 g/mol. The van der Waals surface area contributed by atoms with Crippen LogP contribution in [0.5, 0.6) is 0 Å². The van der Waals surface area contributed by atoms with Crippen LogP contribution in [0.15, 0.2) is 48.5 Å². The lowest BCUT2D eigenvalue weighted by atomic mass is 10.1. The Kier molecular flexibility index (Phi) is 6.48. The van der Waals surface area contributed by atoms with Gasteiger partial charge >= 0.3 is 0 Å². The Bertz CT molecular complexity index is 1150. The molecule has 0 saturated carbocycles. The molecule has 2 aliphatic heterocycles. The number of hydrogen-bond donors (Lipinski definition) is 1. The van der Waals surface area contributed by atoms with Crippen molar-refractivity contribution in [1.29, 1.82) is 0 Å². The Hall–Kier alpha value is -3.24. The highest BCUT2D eigenvalue weighted by Crippen LogP contribution is 2.22. The highest BCUT2D eigenvalue weighted by molar-refractivity contribution is 7.89. The summed E-state index contributed by atoms with van der Waals surface area (Å²) in [6, 6.07) is 14.5.